The molecule has 2 aromatic heterocycles. The highest BCUT2D eigenvalue weighted by Crippen LogP contribution is 2.02. The van der Waals surface area contributed by atoms with Crippen molar-refractivity contribution in [2.45, 2.75) is 13.0 Å². The van der Waals surface area contributed by atoms with Crippen LogP contribution in [0, 0.1) is 0 Å². The zero-order valence-corrected chi connectivity index (χ0v) is 8.92. The van der Waals surface area contributed by atoms with Crippen molar-refractivity contribution in [2.24, 2.45) is 0 Å². The summed E-state index contributed by atoms with van der Waals surface area (Å²) < 4.78 is 11.4. The predicted molar refractivity (Wildman–Crippen MR) is 57.5 cm³/mol. The first kappa shape index (κ1) is 10.5. The topological polar surface area (TPSA) is 57.3 Å². The van der Waals surface area contributed by atoms with Crippen LogP contribution in [-0.4, -0.2) is 16.7 Å². The number of hydrogen-bond donors (Lipinski definition) is 0. The molecule has 2 rings (SSSR count). The number of methoxy groups -OCH3 is 1. The lowest BCUT2D eigenvalue weighted by molar-refractivity contribution is 0.402. The Balaban J connectivity index is 2.13. The first-order valence-corrected chi connectivity index (χ1v) is 4.92. The first-order valence-electron chi connectivity index (χ1n) is 4.92. The van der Waals surface area contributed by atoms with Crippen molar-refractivity contribution in [1.82, 2.24) is 9.55 Å². The average molecular weight is 220 g/mol. The summed E-state index contributed by atoms with van der Waals surface area (Å²) in [6.45, 7) is 0.558. The Bertz CT molecular complexity index is 502. The minimum Gasteiger partial charge on any atom is -0.491 e. The van der Waals surface area contributed by atoms with E-state index in [-0.39, 0.29) is 5.56 Å². The molecule has 0 bridgehead atoms. The smallest absolute Gasteiger partial charge is 0.292 e. The number of aromatic nitrogens is 2. The van der Waals surface area contributed by atoms with Crippen molar-refractivity contribution in [2.75, 3.05) is 7.11 Å². The van der Waals surface area contributed by atoms with Gasteiger partial charge in [-0.25, -0.2) is 4.98 Å². The second kappa shape index (κ2) is 4.65. The van der Waals surface area contributed by atoms with Crippen LogP contribution in [0.25, 0.3) is 0 Å². The van der Waals surface area contributed by atoms with E-state index in [1.165, 1.54) is 13.5 Å². The van der Waals surface area contributed by atoms with Crippen LogP contribution in [0.15, 0.2) is 40.2 Å². The maximum absolute atomic E-state index is 11.8. The summed E-state index contributed by atoms with van der Waals surface area (Å²) in [5, 5.41) is 0. The van der Waals surface area contributed by atoms with Crippen LogP contribution >= 0.6 is 0 Å². The van der Waals surface area contributed by atoms with Crippen LogP contribution < -0.4 is 10.3 Å². The quantitative estimate of drug-likeness (QED) is 0.773. The molecule has 0 aliphatic rings. The minimum atomic E-state index is -0.131. The summed E-state index contributed by atoms with van der Waals surface area (Å²) in [5.41, 5.74) is 0.697. The average Bonchev–Trinajstić information content (AvgIpc) is 2.81. The van der Waals surface area contributed by atoms with Gasteiger partial charge in [0, 0.05) is 19.2 Å². The molecule has 0 atom stereocenters. The van der Waals surface area contributed by atoms with Crippen molar-refractivity contribution >= 4 is 0 Å². The molecule has 0 unspecified atom stereocenters. The molecule has 0 amide bonds. The van der Waals surface area contributed by atoms with E-state index in [1.54, 1.807) is 29.2 Å². The van der Waals surface area contributed by atoms with Crippen LogP contribution in [0.3, 0.4) is 0 Å². The first-order chi connectivity index (χ1) is 7.81. The molecule has 5 heteroatoms. The van der Waals surface area contributed by atoms with Gasteiger partial charge >= 0.3 is 0 Å². The third kappa shape index (κ3) is 2.13. The molecular weight excluding hydrogens is 208 g/mol. The summed E-state index contributed by atoms with van der Waals surface area (Å²) in [6.07, 6.45) is 5.34. The van der Waals surface area contributed by atoms with E-state index in [9.17, 15) is 4.79 Å². The van der Waals surface area contributed by atoms with Gasteiger partial charge in [0.25, 0.3) is 5.56 Å². The van der Waals surface area contributed by atoms with Crippen LogP contribution in [0.5, 0.6) is 5.75 Å². The van der Waals surface area contributed by atoms with Gasteiger partial charge in [0.2, 0.25) is 0 Å². The van der Waals surface area contributed by atoms with Crippen molar-refractivity contribution in [3.63, 3.8) is 0 Å². The van der Waals surface area contributed by atoms with Gasteiger partial charge in [-0.15, -0.1) is 0 Å². The highest BCUT2D eigenvalue weighted by Gasteiger charge is 2.03. The number of oxazole rings is 1. The lowest BCUT2D eigenvalue weighted by Gasteiger charge is -2.05. The van der Waals surface area contributed by atoms with Gasteiger partial charge in [-0.05, 0) is 12.1 Å². The highest BCUT2D eigenvalue weighted by atomic mass is 16.5. The highest BCUT2D eigenvalue weighted by molar-refractivity contribution is 5.17. The zero-order chi connectivity index (χ0) is 11.4. The summed E-state index contributed by atoms with van der Waals surface area (Å²) in [6, 6.07) is 3.43. The van der Waals surface area contributed by atoms with Crippen molar-refractivity contribution in [1.29, 1.82) is 0 Å². The van der Waals surface area contributed by atoms with Gasteiger partial charge in [-0.2, -0.15) is 0 Å². The molecule has 0 aliphatic heterocycles. The summed E-state index contributed by atoms with van der Waals surface area (Å²) >= 11 is 0. The second-order valence-corrected chi connectivity index (χ2v) is 3.30. The molecule has 16 heavy (non-hydrogen) atoms. The van der Waals surface area contributed by atoms with E-state index in [0.717, 1.165) is 5.69 Å². The number of rotatable bonds is 4. The van der Waals surface area contributed by atoms with Crippen LogP contribution in [-0.2, 0) is 13.0 Å². The Hall–Kier alpha value is -2.04. The summed E-state index contributed by atoms with van der Waals surface area (Å²) in [7, 11) is 1.48. The molecule has 2 aromatic rings. The van der Waals surface area contributed by atoms with Gasteiger partial charge in [0.1, 0.15) is 6.26 Å². The number of hydrogen-bond acceptors (Lipinski definition) is 4. The van der Waals surface area contributed by atoms with Gasteiger partial charge < -0.3 is 13.7 Å². The fraction of sp³-hybridized carbons (Fsp3) is 0.273. The third-order valence-corrected chi connectivity index (χ3v) is 2.30. The Morgan fingerprint density at radius 2 is 2.44 bits per heavy atom. The van der Waals surface area contributed by atoms with Gasteiger partial charge in [0.15, 0.2) is 12.1 Å². The van der Waals surface area contributed by atoms with E-state index in [2.05, 4.69) is 4.98 Å². The SMILES string of the molecule is COc1cccn(CCc2cocn2)c1=O. The van der Waals surface area contributed by atoms with Crippen molar-refractivity contribution in [3.8, 4) is 5.75 Å². The fourth-order valence-corrected chi connectivity index (χ4v) is 1.44. The molecule has 0 aromatic carbocycles. The van der Waals surface area contributed by atoms with Crippen molar-refractivity contribution < 1.29 is 9.15 Å². The molecule has 84 valence electrons. The monoisotopic (exact) mass is 220 g/mol. The Kier molecular flexibility index (Phi) is 3.05. The predicted octanol–water partition coefficient (Wildman–Crippen LogP) is 1.09. The van der Waals surface area contributed by atoms with Crippen molar-refractivity contribution in [3.05, 3.63) is 47.0 Å². The number of pyridine rings is 1. The summed E-state index contributed by atoms with van der Waals surface area (Å²) in [5.74, 6) is 0.350. The lowest BCUT2D eigenvalue weighted by atomic mass is 10.3. The molecule has 5 nitrogen and oxygen atoms in total. The standard InChI is InChI=1S/C11H12N2O3/c1-15-10-3-2-5-13(11(10)14)6-4-9-7-16-8-12-9/h2-3,5,7-8H,4,6H2,1H3. The van der Waals surface area contributed by atoms with Gasteiger partial charge in [-0.3, -0.25) is 4.79 Å². The molecule has 0 saturated carbocycles. The van der Waals surface area contributed by atoms with E-state index in [4.69, 9.17) is 9.15 Å². The number of ether oxygens (including phenoxy) is 1. The maximum atomic E-state index is 11.8. The van der Waals surface area contributed by atoms with E-state index < -0.39 is 0 Å². The molecule has 2 heterocycles. The lowest BCUT2D eigenvalue weighted by Crippen LogP contribution is -2.21. The Morgan fingerprint density at radius 1 is 1.56 bits per heavy atom. The summed E-state index contributed by atoms with van der Waals surface area (Å²) in [4.78, 5) is 15.7. The molecule has 0 N–H and O–H groups in total. The van der Waals surface area contributed by atoms with E-state index in [1.807, 2.05) is 0 Å². The Labute approximate surface area is 92.3 Å². The normalized spacial score (nSPS) is 10.3. The second-order valence-electron chi connectivity index (χ2n) is 3.30. The fourth-order valence-electron chi connectivity index (χ4n) is 1.44. The Morgan fingerprint density at radius 3 is 3.12 bits per heavy atom. The zero-order valence-electron chi connectivity index (χ0n) is 8.92. The molecular formula is C11H12N2O3. The van der Waals surface area contributed by atoms with E-state index >= 15 is 0 Å². The van der Waals surface area contributed by atoms with Crippen LogP contribution in [0.2, 0.25) is 0 Å². The van der Waals surface area contributed by atoms with Gasteiger partial charge in [-0.1, -0.05) is 0 Å². The minimum absolute atomic E-state index is 0.131. The molecule has 0 spiro atoms. The largest absolute Gasteiger partial charge is 0.491 e. The maximum Gasteiger partial charge on any atom is 0.292 e. The number of aryl methyl sites for hydroxylation is 2. The van der Waals surface area contributed by atoms with Crippen LogP contribution in [0.1, 0.15) is 5.69 Å². The molecule has 0 radical (unpaired) electrons. The van der Waals surface area contributed by atoms with E-state index in [0.29, 0.717) is 18.7 Å². The number of nitrogens with zero attached hydrogens (tertiary/aromatic N) is 2. The third-order valence-electron chi connectivity index (χ3n) is 2.30. The molecule has 0 fully saturated rings. The van der Waals surface area contributed by atoms with Crippen LogP contribution in [0.4, 0.5) is 0 Å². The molecule has 0 saturated heterocycles. The molecule has 0 aliphatic carbocycles. The van der Waals surface area contributed by atoms with Gasteiger partial charge in [0.05, 0.1) is 12.8 Å².